The summed E-state index contributed by atoms with van der Waals surface area (Å²) in [6, 6.07) is 0.0717. The van der Waals surface area contributed by atoms with E-state index in [9.17, 15) is 4.79 Å². The molecular formula is C9H21ClN2O2. The average Bonchev–Trinajstić information content (AvgIpc) is 1.81. The standard InChI is InChI=1S/C9H20N2O2.ClH/c1-7(10)5-6-13-8(12)11-9(2,3)4;/h7H,5-6,10H2,1-4H3,(H,11,12);1H. The van der Waals surface area contributed by atoms with E-state index >= 15 is 0 Å². The largest absolute Gasteiger partial charge is 0.449 e. The first kappa shape index (κ1) is 16.0. The predicted molar refractivity (Wildman–Crippen MR) is 59.8 cm³/mol. The Morgan fingerprint density at radius 1 is 1.50 bits per heavy atom. The van der Waals surface area contributed by atoms with Gasteiger partial charge in [-0.05, 0) is 34.1 Å². The fraction of sp³-hybridized carbons (Fsp3) is 0.889. The minimum Gasteiger partial charge on any atom is -0.449 e. The van der Waals surface area contributed by atoms with Crippen molar-refractivity contribution in [2.45, 2.75) is 45.7 Å². The first-order valence-corrected chi connectivity index (χ1v) is 4.52. The maximum Gasteiger partial charge on any atom is 0.407 e. The highest BCUT2D eigenvalue weighted by atomic mass is 35.5. The van der Waals surface area contributed by atoms with Crippen molar-refractivity contribution >= 4 is 18.5 Å². The first-order chi connectivity index (χ1) is 5.81. The van der Waals surface area contributed by atoms with Gasteiger partial charge in [-0.2, -0.15) is 0 Å². The van der Waals surface area contributed by atoms with Crippen molar-refractivity contribution < 1.29 is 9.53 Å². The Bertz CT molecular complexity index is 167. The van der Waals surface area contributed by atoms with Gasteiger partial charge in [0.15, 0.2) is 0 Å². The lowest BCUT2D eigenvalue weighted by Crippen LogP contribution is -2.41. The number of hydrogen-bond donors (Lipinski definition) is 2. The third-order valence-electron chi connectivity index (χ3n) is 1.28. The molecule has 0 radical (unpaired) electrons. The molecule has 0 bridgehead atoms. The second-order valence-electron chi connectivity index (χ2n) is 4.28. The van der Waals surface area contributed by atoms with Gasteiger partial charge in [0.25, 0.3) is 0 Å². The van der Waals surface area contributed by atoms with Crippen LogP contribution in [0.1, 0.15) is 34.1 Å². The van der Waals surface area contributed by atoms with Crippen LogP contribution in [0.4, 0.5) is 4.79 Å². The number of ether oxygens (including phenoxy) is 1. The molecule has 5 heteroatoms. The smallest absolute Gasteiger partial charge is 0.407 e. The molecular weight excluding hydrogens is 204 g/mol. The van der Waals surface area contributed by atoms with Crippen LogP contribution in [0.25, 0.3) is 0 Å². The lowest BCUT2D eigenvalue weighted by molar-refractivity contribution is 0.134. The van der Waals surface area contributed by atoms with Crippen molar-refractivity contribution in [2.75, 3.05) is 6.61 Å². The topological polar surface area (TPSA) is 64.3 Å². The first-order valence-electron chi connectivity index (χ1n) is 4.52. The van der Waals surface area contributed by atoms with E-state index in [4.69, 9.17) is 10.5 Å². The number of hydrogen-bond acceptors (Lipinski definition) is 3. The molecule has 14 heavy (non-hydrogen) atoms. The van der Waals surface area contributed by atoms with Crippen LogP contribution >= 0.6 is 12.4 Å². The summed E-state index contributed by atoms with van der Waals surface area (Å²) in [5.74, 6) is 0. The number of rotatable bonds is 3. The molecule has 1 amide bonds. The number of alkyl carbamates (subject to hydrolysis) is 1. The van der Waals surface area contributed by atoms with Gasteiger partial charge < -0.3 is 15.8 Å². The summed E-state index contributed by atoms with van der Waals surface area (Å²) < 4.78 is 4.90. The van der Waals surface area contributed by atoms with Crippen LogP contribution in [0.2, 0.25) is 0 Å². The van der Waals surface area contributed by atoms with Crippen molar-refractivity contribution in [3.63, 3.8) is 0 Å². The Labute approximate surface area is 92.0 Å². The van der Waals surface area contributed by atoms with E-state index in [0.717, 1.165) is 0 Å². The van der Waals surface area contributed by atoms with E-state index in [-0.39, 0.29) is 30.1 Å². The third-order valence-corrected chi connectivity index (χ3v) is 1.28. The predicted octanol–water partition coefficient (Wildman–Crippen LogP) is 1.67. The van der Waals surface area contributed by atoms with Crippen LogP contribution < -0.4 is 11.1 Å². The fourth-order valence-electron chi connectivity index (χ4n) is 0.680. The van der Waals surface area contributed by atoms with Gasteiger partial charge in [0.05, 0.1) is 6.61 Å². The molecule has 4 nitrogen and oxygen atoms in total. The highest BCUT2D eigenvalue weighted by Gasteiger charge is 2.14. The van der Waals surface area contributed by atoms with Gasteiger partial charge in [0, 0.05) is 11.6 Å². The van der Waals surface area contributed by atoms with Crippen LogP contribution in [-0.2, 0) is 4.74 Å². The van der Waals surface area contributed by atoms with Crippen LogP contribution in [0.15, 0.2) is 0 Å². The fourth-order valence-corrected chi connectivity index (χ4v) is 0.680. The summed E-state index contributed by atoms with van der Waals surface area (Å²) in [5.41, 5.74) is 5.25. The summed E-state index contributed by atoms with van der Waals surface area (Å²) in [7, 11) is 0. The van der Waals surface area contributed by atoms with Crippen molar-refractivity contribution in [3.05, 3.63) is 0 Å². The molecule has 3 N–H and O–H groups in total. The quantitative estimate of drug-likeness (QED) is 0.767. The normalized spacial score (nSPS) is 12.6. The van der Waals surface area contributed by atoms with Crippen LogP contribution in [0, 0.1) is 0 Å². The van der Waals surface area contributed by atoms with Gasteiger partial charge >= 0.3 is 6.09 Å². The van der Waals surface area contributed by atoms with Crippen LogP contribution in [0.3, 0.4) is 0 Å². The molecule has 0 rings (SSSR count). The van der Waals surface area contributed by atoms with Gasteiger partial charge in [-0.25, -0.2) is 4.79 Å². The lowest BCUT2D eigenvalue weighted by Gasteiger charge is -2.20. The van der Waals surface area contributed by atoms with Crippen molar-refractivity contribution in [1.82, 2.24) is 5.32 Å². The van der Waals surface area contributed by atoms with E-state index < -0.39 is 0 Å². The number of carbonyl (C=O) groups is 1. The molecule has 0 saturated carbocycles. The molecule has 0 aliphatic rings. The molecule has 1 atom stereocenters. The summed E-state index contributed by atoms with van der Waals surface area (Å²) in [6.07, 6.45) is 0.311. The second kappa shape index (κ2) is 6.90. The average molecular weight is 225 g/mol. The zero-order valence-electron chi connectivity index (χ0n) is 9.29. The molecule has 1 unspecified atom stereocenters. The number of amides is 1. The van der Waals surface area contributed by atoms with Gasteiger partial charge in [-0.3, -0.25) is 0 Å². The molecule has 0 saturated heterocycles. The molecule has 0 fully saturated rings. The van der Waals surface area contributed by atoms with Gasteiger partial charge in [-0.1, -0.05) is 0 Å². The number of halogens is 1. The SMILES string of the molecule is CC(N)CCOC(=O)NC(C)(C)C.Cl. The van der Waals surface area contributed by atoms with E-state index in [1.54, 1.807) is 0 Å². The monoisotopic (exact) mass is 224 g/mol. The van der Waals surface area contributed by atoms with E-state index in [1.165, 1.54) is 0 Å². The maximum absolute atomic E-state index is 11.1. The Morgan fingerprint density at radius 3 is 2.36 bits per heavy atom. The number of carbonyl (C=O) groups excluding carboxylic acids is 1. The minimum atomic E-state index is -0.381. The Balaban J connectivity index is 0. The summed E-state index contributed by atoms with van der Waals surface area (Å²) in [5, 5.41) is 2.69. The van der Waals surface area contributed by atoms with Crippen LogP contribution in [0.5, 0.6) is 0 Å². The van der Waals surface area contributed by atoms with E-state index in [1.807, 2.05) is 27.7 Å². The van der Waals surface area contributed by atoms with Gasteiger partial charge in [0.1, 0.15) is 0 Å². The van der Waals surface area contributed by atoms with Gasteiger partial charge in [0.2, 0.25) is 0 Å². The Morgan fingerprint density at radius 2 is 2.00 bits per heavy atom. The van der Waals surface area contributed by atoms with Crippen LogP contribution in [-0.4, -0.2) is 24.3 Å². The molecule has 0 aromatic heterocycles. The number of nitrogens with one attached hydrogen (secondary N) is 1. The summed E-state index contributed by atoms with van der Waals surface area (Å²) in [4.78, 5) is 11.1. The zero-order chi connectivity index (χ0) is 10.5. The molecule has 0 heterocycles. The molecule has 0 aliphatic carbocycles. The maximum atomic E-state index is 11.1. The highest BCUT2D eigenvalue weighted by molar-refractivity contribution is 5.85. The summed E-state index contributed by atoms with van der Waals surface area (Å²) >= 11 is 0. The molecule has 86 valence electrons. The third kappa shape index (κ3) is 11.5. The van der Waals surface area contributed by atoms with Crippen molar-refractivity contribution in [1.29, 1.82) is 0 Å². The molecule has 0 aromatic carbocycles. The van der Waals surface area contributed by atoms with Crippen molar-refractivity contribution in [2.24, 2.45) is 5.73 Å². The Hall–Kier alpha value is -0.480. The Kier molecular flexibility index (Phi) is 7.87. The summed E-state index contributed by atoms with van der Waals surface area (Å²) in [6.45, 7) is 7.96. The van der Waals surface area contributed by atoms with E-state index in [0.29, 0.717) is 13.0 Å². The molecule has 0 spiro atoms. The molecule has 0 aromatic rings. The lowest BCUT2D eigenvalue weighted by atomic mass is 10.1. The minimum absolute atomic E-state index is 0. The second-order valence-corrected chi connectivity index (χ2v) is 4.28. The van der Waals surface area contributed by atoms with Gasteiger partial charge in [-0.15, -0.1) is 12.4 Å². The highest BCUT2D eigenvalue weighted by Crippen LogP contribution is 1.99. The van der Waals surface area contributed by atoms with E-state index in [2.05, 4.69) is 5.32 Å². The zero-order valence-corrected chi connectivity index (χ0v) is 10.1. The number of nitrogens with two attached hydrogens (primary N) is 1. The molecule has 0 aliphatic heterocycles. The van der Waals surface area contributed by atoms with Crippen molar-refractivity contribution in [3.8, 4) is 0 Å².